The van der Waals surface area contributed by atoms with E-state index in [1.165, 1.54) is 0 Å². The van der Waals surface area contributed by atoms with Crippen LogP contribution in [0.5, 0.6) is 23.0 Å². The number of para-hydroxylation sites is 1. The van der Waals surface area contributed by atoms with Crippen LogP contribution < -0.4 is 30.7 Å². The highest BCUT2D eigenvalue weighted by atomic mass is 16.5. The molecule has 0 spiro atoms. The van der Waals surface area contributed by atoms with E-state index in [4.69, 9.17) is 20.9 Å². The fraction of sp³-hybridized carbons (Fsp3) is 0.0417. The molecule has 0 aromatic heterocycles. The van der Waals surface area contributed by atoms with Gasteiger partial charge in [-0.15, -0.1) is 0 Å². The Kier molecular flexibility index (Phi) is 9.80. The van der Waals surface area contributed by atoms with Gasteiger partial charge in [0.15, 0.2) is 0 Å². The molecule has 1 unspecified atom stereocenters. The van der Waals surface area contributed by atoms with Crippen LogP contribution in [0.15, 0.2) is 200 Å². The van der Waals surface area contributed by atoms with E-state index in [-0.39, 0.29) is 6.04 Å². The van der Waals surface area contributed by atoms with Gasteiger partial charge >= 0.3 is 0 Å². The summed E-state index contributed by atoms with van der Waals surface area (Å²) < 4.78 is 12.1. The van der Waals surface area contributed by atoms with Crippen LogP contribution in [0, 0.1) is 0 Å². The highest BCUT2D eigenvalue weighted by molar-refractivity contribution is 5.79. The molecule has 0 radical (unpaired) electrons. The van der Waals surface area contributed by atoms with Crippen molar-refractivity contribution >= 4 is 39.8 Å². The number of ether oxygens (including phenoxy) is 2. The van der Waals surface area contributed by atoms with Gasteiger partial charge in [0.05, 0.1) is 6.04 Å². The van der Waals surface area contributed by atoms with Crippen molar-refractivity contribution in [1.82, 2.24) is 0 Å². The second kappa shape index (κ2) is 15.6. The molecular formula is C48H40N4O2. The van der Waals surface area contributed by atoms with Gasteiger partial charge in [0, 0.05) is 39.8 Å². The zero-order valence-electron chi connectivity index (χ0n) is 29.7. The van der Waals surface area contributed by atoms with E-state index in [1.807, 2.05) is 78.9 Å². The maximum Gasteiger partial charge on any atom is 0.127 e. The third-order valence-corrected chi connectivity index (χ3v) is 9.35. The Morgan fingerprint density at radius 2 is 0.796 bits per heavy atom. The summed E-state index contributed by atoms with van der Waals surface area (Å²) in [7, 11) is 0. The molecule has 264 valence electrons. The van der Waals surface area contributed by atoms with Crippen LogP contribution in [0.25, 0.3) is 11.1 Å². The predicted octanol–water partition coefficient (Wildman–Crippen LogP) is 12.6. The number of nitrogens with two attached hydrogens (primary N) is 2. The van der Waals surface area contributed by atoms with Crippen LogP contribution in [0.1, 0.15) is 6.42 Å². The number of anilines is 7. The number of nitrogens with zero attached hydrogens (tertiary/aromatic N) is 2. The Labute approximate surface area is 316 Å². The normalized spacial score (nSPS) is 13.3. The molecule has 0 bridgehead atoms. The number of nitrogen functional groups attached to an aromatic ring is 2. The molecule has 0 fully saturated rings. The Morgan fingerprint density at radius 1 is 0.407 bits per heavy atom. The maximum atomic E-state index is 6.07. The first kappa shape index (κ1) is 33.9. The molecule has 0 heterocycles. The first-order valence-corrected chi connectivity index (χ1v) is 18.0. The van der Waals surface area contributed by atoms with Gasteiger partial charge < -0.3 is 30.7 Å². The number of rotatable bonds is 11. The van der Waals surface area contributed by atoms with Crippen molar-refractivity contribution in [2.24, 2.45) is 0 Å². The van der Waals surface area contributed by atoms with E-state index in [9.17, 15) is 0 Å². The van der Waals surface area contributed by atoms with Crippen LogP contribution in [-0.4, -0.2) is 6.04 Å². The van der Waals surface area contributed by atoms with Gasteiger partial charge in [-0.1, -0.05) is 66.8 Å². The first-order chi connectivity index (χ1) is 26.6. The van der Waals surface area contributed by atoms with Gasteiger partial charge in [-0.25, -0.2) is 0 Å². The van der Waals surface area contributed by atoms with Crippen molar-refractivity contribution in [1.29, 1.82) is 0 Å². The molecule has 6 heteroatoms. The highest BCUT2D eigenvalue weighted by Gasteiger charge is 2.20. The fourth-order valence-electron chi connectivity index (χ4n) is 6.61. The van der Waals surface area contributed by atoms with Crippen LogP contribution in [0.2, 0.25) is 0 Å². The lowest BCUT2D eigenvalue weighted by Gasteiger charge is -2.32. The second-order valence-corrected chi connectivity index (χ2v) is 13.1. The molecule has 1 atom stereocenters. The van der Waals surface area contributed by atoms with E-state index in [2.05, 4.69) is 131 Å². The second-order valence-electron chi connectivity index (χ2n) is 13.1. The van der Waals surface area contributed by atoms with Crippen molar-refractivity contribution in [3.05, 3.63) is 200 Å². The van der Waals surface area contributed by atoms with Crippen LogP contribution in [0.4, 0.5) is 39.8 Å². The molecule has 4 N–H and O–H groups in total. The summed E-state index contributed by atoms with van der Waals surface area (Å²) in [5, 5.41) is 0. The Morgan fingerprint density at radius 3 is 1.24 bits per heavy atom. The summed E-state index contributed by atoms with van der Waals surface area (Å²) in [6.07, 6.45) is 9.62. The van der Waals surface area contributed by atoms with Crippen molar-refractivity contribution in [2.75, 3.05) is 21.3 Å². The maximum absolute atomic E-state index is 6.07. The first-order valence-electron chi connectivity index (χ1n) is 18.0. The predicted molar refractivity (Wildman–Crippen MR) is 224 cm³/mol. The number of allylic oxidation sites excluding steroid dienone is 2. The van der Waals surface area contributed by atoms with Gasteiger partial charge in [0.25, 0.3) is 0 Å². The fourth-order valence-corrected chi connectivity index (χ4v) is 6.61. The van der Waals surface area contributed by atoms with Crippen molar-refractivity contribution in [2.45, 2.75) is 12.5 Å². The van der Waals surface area contributed by atoms with Crippen molar-refractivity contribution < 1.29 is 9.47 Å². The Balaban J connectivity index is 1.02. The summed E-state index contributed by atoms with van der Waals surface area (Å²) in [6.45, 7) is 0. The van der Waals surface area contributed by atoms with E-state index >= 15 is 0 Å². The van der Waals surface area contributed by atoms with Gasteiger partial charge in [0.1, 0.15) is 23.0 Å². The Bertz CT molecular complexity index is 2340. The third-order valence-electron chi connectivity index (χ3n) is 9.35. The number of benzene rings is 7. The lowest BCUT2D eigenvalue weighted by molar-refractivity contribution is 0.482. The molecule has 0 saturated heterocycles. The molecule has 0 aliphatic heterocycles. The van der Waals surface area contributed by atoms with E-state index in [0.29, 0.717) is 11.4 Å². The highest BCUT2D eigenvalue weighted by Crippen LogP contribution is 2.38. The van der Waals surface area contributed by atoms with Gasteiger partial charge in [-0.05, 0) is 151 Å². The topological polar surface area (TPSA) is 77.0 Å². The summed E-state index contributed by atoms with van der Waals surface area (Å²) in [5.74, 6) is 3.02. The lowest BCUT2D eigenvalue weighted by Crippen LogP contribution is -2.29. The molecule has 7 aromatic carbocycles. The zero-order valence-corrected chi connectivity index (χ0v) is 29.7. The van der Waals surface area contributed by atoms with E-state index in [0.717, 1.165) is 69.0 Å². The van der Waals surface area contributed by atoms with Crippen molar-refractivity contribution in [3.8, 4) is 34.1 Å². The minimum atomic E-state index is 0.186. The molecule has 6 nitrogen and oxygen atoms in total. The minimum Gasteiger partial charge on any atom is -0.457 e. The molecule has 7 aromatic rings. The van der Waals surface area contributed by atoms with Gasteiger partial charge in [0.2, 0.25) is 0 Å². The molecule has 1 aliphatic carbocycles. The third kappa shape index (κ3) is 7.83. The van der Waals surface area contributed by atoms with Gasteiger partial charge in [-0.2, -0.15) is 0 Å². The van der Waals surface area contributed by atoms with Crippen molar-refractivity contribution in [3.63, 3.8) is 0 Å². The monoisotopic (exact) mass is 704 g/mol. The number of hydrogen-bond acceptors (Lipinski definition) is 6. The molecular weight excluding hydrogens is 665 g/mol. The average molecular weight is 705 g/mol. The summed E-state index contributed by atoms with van der Waals surface area (Å²) >= 11 is 0. The van der Waals surface area contributed by atoms with Gasteiger partial charge in [-0.3, -0.25) is 0 Å². The molecule has 8 rings (SSSR count). The van der Waals surface area contributed by atoms with Crippen LogP contribution >= 0.6 is 0 Å². The Hall–Kier alpha value is -7.18. The molecule has 54 heavy (non-hydrogen) atoms. The largest absolute Gasteiger partial charge is 0.457 e. The van der Waals surface area contributed by atoms with Crippen LogP contribution in [-0.2, 0) is 0 Å². The summed E-state index contributed by atoms with van der Waals surface area (Å²) in [5.41, 5.74) is 20.7. The average Bonchev–Trinajstić information content (AvgIpc) is 3.22. The summed E-state index contributed by atoms with van der Waals surface area (Å²) in [4.78, 5) is 4.62. The number of hydrogen-bond donors (Lipinski definition) is 2. The van der Waals surface area contributed by atoms with E-state index in [1.54, 1.807) is 0 Å². The SMILES string of the molecule is Nc1ccc(Oc2ccc(N(c3ccccc3)c3ccc(-c4ccc(N(c5ccc(Oc6ccc(N)cc6)cc5)C5C=CC=CC5)cc4)cc3)cc2)cc1. The molecule has 0 amide bonds. The zero-order chi connectivity index (χ0) is 36.7. The molecule has 1 aliphatic rings. The van der Waals surface area contributed by atoms with E-state index < -0.39 is 0 Å². The van der Waals surface area contributed by atoms with Crippen LogP contribution in [0.3, 0.4) is 0 Å². The lowest BCUT2D eigenvalue weighted by atomic mass is 10.0. The minimum absolute atomic E-state index is 0.186. The quantitative estimate of drug-likeness (QED) is 0.131. The standard InChI is InChI=1S/C48H40N4O2/c49-37-15-27-45(28-16-37)53-47-31-23-43(24-32-47)51(39-7-3-1-4-8-39)41-19-11-35(12-20-41)36-13-21-42(22-14-36)52(40-9-5-2-6-10-40)44-25-33-48(34-26-44)54-46-29-17-38(50)18-30-46/h1-9,11-34,40H,10,49-50H2. The smallest absolute Gasteiger partial charge is 0.127 e. The molecule has 0 saturated carbocycles. The summed E-state index contributed by atoms with van der Waals surface area (Å²) in [6, 6.07) is 59.4.